The van der Waals surface area contributed by atoms with Crippen LogP contribution >= 0.6 is 11.6 Å². The lowest BCUT2D eigenvalue weighted by molar-refractivity contribution is 0.0376. The summed E-state index contributed by atoms with van der Waals surface area (Å²) in [5, 5.41) is 7.68. The fraction of sp³-hybridized carbons (Fsp3) is 0.682. The van der Waals surface area contributed by atoms with Gasteiger partial charge in [-0.3, -0.25) is 9.89 Å². The van der Waals surface area contributed by atoms with Gasteiger partial charge >= 0.3 is 0 Å². The molecule has 6 nitrogen and oxygen atoms in total. The summed E-state index contributed by atoms with van der Waals surface area (Å²) in [7, 11) is 0. The number of rotatable bonds is 8. The summed E-state index contributed by atoms with van der Waals surface area (Å²) in [4.78, 5) is 7.43. The van der Waals surface area contributed by atoms with Crippen molar-refractivity contribution in [1.29, 1.82) is 0 Å². The largest absolute Gasteiger partial charge is 0.381 e. The van der Waals surface area contributed by atoms with Crippen LogP contribution in [0.5, 0.6) is 0 Å². The first-order chi connectivity index (χ1) is 14.2. The lowest BCUT2D eigenvalue weighted by Gasteiger charge is -2.36. The first kappa shape index (κ1) is 22.3. The molecule has 0 saturated carbocycles. The van der Waals surface area contributed by atoms with Gasteiger partial charge < -0.3 is 20.1 Å². The minimum Gasteiger partial charge on any atom is -0.381 e. The molecule has 1 aromatic rings. The minimum atomic E-state index is -0.0146. The van der Waals surface area contributed by atoms with Crippen molar-refractivity contribution >= 4 is 17.6 Å². The first-order valence-electron chi connectivity index (χ1n) is 10.9. The average molecular weight is 423 g/mol. The zero-order chi connectivity index (χ0) is 20.4. The quantitative estimate of drug-likeness (QED) is 0.383. The van der Waals surface area contributed by atoms with Crippen LogP contribution in [0.1, 0.15) is 31.7 Å². The van der Waals surface area contributed by atoms with Gasteiger partial charge in [0.2, 0.25) is 0 Å². The second kappa shape index (κ2) is 11.7. The number of benzene rings is 1. The summed E-state index contributed by atoms with van der Waals surface area (Å²) < 4.78 is 11.1. The second-order valence-electron chi connectivity index (χ2n) is 7.83. The predicted molar refractivity (Wildman–Crippen MR) is 119 cm³/mol. The summed E-state index contributed by atoms with van der Waals surface area (Å²) in [6.07, 6.45) is 3.03. The van der Waals surface area contributed by atoms with E-state index in [0.717, 1.165) is 95.9 Å². The van der Waals surface area contributed by atoms with Gasteiger partial charge in [0, 0.05) is 49.8 Å². The third-order valence-corrected chi connectivity index (χ3v) is 6.05. The predicted octanol–water partition coefficient (Wildman–Crippen LogP) is 2.67. The third kappa shape index (κ3) is 6.85. The lowest BCUT2D eigenvalue weighted by atomic mass is 9.74. The van der Waals surface area contributed by atoms with Gasteiger partial charge in [-0.15, -0.1) is 0 Å². The van der Waals surface area contributed by atoms with E-state index >= 15 is 0 Å². The van der Waals surface area contributed by atoms with Crippen molar-refractivity contribution in [2.24, 2.45) is 4.99 Å². The Labute approximate surface area is 180 Å². The maximum absolute atomic E-state index is 6.28. The van der Waals surface area contributed by atoms with Gasteiger partial charge in [-0.05, 0) is 50.4 Å². The lowest BCUT2D eigenvalue weighted by Crippen LogP contribution is -2.42. The monoisotopic (exact) mass is 422 g/mol. The van der Waals surface area contributed by atoms with E-state index in [0.29, 0.717) is 0 Å². The van der Waals surface area contributed by atoms with Gasteiger partial charge in [0.15, 0.2) is 5.96 Å². The molecule has 2 aliphatic heterocycles. The van der Waals surface area contributed by atoms with E-state index in [1.807, 2.05) is 12.1 Å². The van der Waals surface area contributed by atoms with Crippen LogP contribution in [0.15, 0.2) is 29.3 Å². The zero-order valence-electron chi connectivity index (χ0n) is 17.6. The van der Waals surface area contributed by atoms with E-state index in [1.165, 1.54) is 5.56 Å². The fourth-order valence-corrected chi connectivity index (χ4v) is 4.22. The van der Waals surface area contributed by atoms with Gasteiger partial charge in [0.05, 0.1) is 19.8 Å². The van der Waals surface area contributed by atoms with Gasteiger partial charge in [0.25, 0.3) is 0 Å². The molecule has 0 aromatic heterocycles. The van der Waals surface area contributed by atoms with Crippen LogP contribution < -0.4 is 10.6 Å². The maximum Gasteiger partial charge on any atom is 0.191 e. The molecule has 2 saturated heterocycles. The van der Waals surface area contributed by atoms with Crippen molar-refractivity contribution in [3.05, 3.63) is 34.9 Å². The Morgan fingerprint density at radius 2 is 1.90 bits per heavy atom. The Morgan fingerprint density at radius 1 is 1.14 bits per heavy atom. The van der Waals surface area contributed by atoms with Gasteiger partial charge in [0.1, 0.15) is 0 Å². The Balaban J connectivity index is 1.58. The molecule has 0 atom stereocenters. The van der Waals surface area contributed by atoms with E-state index in [-0.39, 0.29) is 5.41 Å². The normalized spacial score (nSPS) is 20.4. The van der Waals surface area contributed by atoms with E-state index in [2.05, 4.69) is 34.6 Å². The number of nitrogens with one attached hydrogen (secondary N) is 2. The topological polar surface area (TPSA) is 58.1 Å². The van der Waals surface area contributed by atoms with E-state index in [4.69, 9.17) is 26.1 Å². The Morgan fingerprint density at radius 3 is 2.62 bits per heavy atom. The van der Waals surface area contributed by atoms with E-state index in [1.54, 1.807) is 0 Å². The molecule has 0 radical (unpaired) electrons. The van der Waals surface area contributed by atoms with Crippen LogP contribution in [0, 0.1) is 0 Å². The molecule has 0 unspecified atom stereocenters. The Hall–Kier alpha value is -1.34. The van der Waals surface area contributed by atoms with Gasteiger partial charge in [-0.25, -0.2) is 0 Å². The number of ether oxygens (including phenoxy) is 2. The van der Waals surface area contributed by atoms with Crippen molar-refractivity contribution in [1.82, 2.24) is 15.5 Å². The Kier molecular flexibility index (Phi) is 9.05. The molecule has 2 aliphatic rings. The summed E-state index contributed by atoms with van der Waals surface area (Å²) in [5.74, 6) is 0.891. The number of hydrogen-bond donors (Lipinski definition) is 2. The first-order valence-corrected chi connectivity index (χ1v) is 11.3. The van der Waals surface area contributed by atoms with Gasteiger partial charge in [-0.2, -0.15) is 0 Å². The average Bonchev–Trinajstić information content (AvgIpc) is 2.76. The molecule has 7 heteroatoms. The van der Waals surface area contributed by atoms with Crippen LogP contribution in [0.4, 0.5) is 0 Å². The van der Waals surface area contributed by atoms with Crippen molar-refractivity contribution < 1.29 is 9.47 Å². The zero-order valence-corrected chi connectivity index (χ0v) is 18.3. The molecule has 3 rings (SSSR count). The van der Waals surface area contributed by atoms with E-state index < -0.39 is 0 Å². The van der Waals surface area contributed by atoms with Crippen molar-refractivity contribution in [2.45, 2.75) is 31.6 Å². The molecule has 0 bridgehead atoms. The van der Waals surface area contributed by atoms with Crippen molar-refractivity contribution in [3.63, 3.8) is 0 Å². The number of morpholine rings is 1. The highest BCUT2D eigenvalue weighted by atomic mass is 35.5. The van der Waals surface area contributed by atoms with Crippen molar-refractivity contribution in [3.8, 4) is 0 Å². The molecule has 29 heavy (non-hydrogen) atoms. The smallest absolute Gasteiger partial charge is 0.191 e. The summed E-state index contributed by atoms with van der Waals surface area (Å²) >= 11 is 6.28. The highest BCUT2D eigenvalue weighted by Crippen LogP contribution is 2.36. The molecule has 2 N–H and O–H groups in total. The van der Waals surface area contributed by atoms with Crippen LogP contribution in [-0.2, 0) is 14.9 Å². The maximum atomic E-state index is 6.28. The molecule has 2 fully saturated rings. The van der Waals surface area contributed by atoms with Crippen molar-refractivity contribution in [2.75, 3.05) is 65.7 Å². The molecular weight excluding hydrogens is 388 g/mol. The second-order valence-corrected chi connectivity index (χ2v) is 8.27. The third-order valence-electron chi connectivity index (χ3n) is 5.82. The molecule has 0 spiro atoms. The van der Waals surface area contributed by atoms with Gasteiger partial charge in [-0.1, -0.05) is 23.7 Å². The molecule has 1 aromatic carbocycles. The van der Waals surface area contributed by atoms with Crippen LogP contribution in [0.25, 0.3) is 0 Å². The molecule has 162 valence electrons. The SMILES string of the molecule is CCNC(=NCC1(c2cccc(Cl)c2)CCOCC1)NCCCN1CCOCC1. The number of hydrogen-bond acceptors (Lipinski definition) is 4. The van der Waals surface area contributed by atoms with Crippen LogP contribution in [-0.4, -0.2) is 76.6 Å². The summed E-state index contributed by atoms with van der Waals surface area (Å²) in [6.45, 7) is 11.0. The molecule has 2 heterocycles. The number of nitrogens with zero attached hydrogens (tertiary/aromatic N) is 2. The Bertz CT molecular complexity index is 643. The summed E-state index contributed by atoms with van der Waals surface area (Å²) in [5.41, 5.74) is 1.25. The standard InChI is InChI=1S/C22H35ClN4O2/c1-2-24-21(25-9-4-10-27-11-15-29-16-12-27)26-18-22(7-13-28-14-8-22)19-5-3-6-20(23)17-19/h3,5-6,17H,2,4,7-16,18H2,1H3,(H2,24,25,26). The number of guanidine groups is 1. The molecule has 0 aliphatic carbocycles. The number of halogens is 1. The van der Waals surface area contributed by atoms with E-state index in [9.17, 15) is 0 Å². The highest BCUT2D eigenvalue weighted by molar-refractivity contribution is 6.30. The van der Waals surface area contributed by atoms with Crippen LogP contribution in [0.3, 0.4) is 0 Å². The molecular formula is C22H35ClN4O2. The van der Waals surface area contributed by atoms with Crippen LogP contribution in [0.2, 0.25) is 5.02 Å². The molecule has 0 amide bonds. The highest BCUT2D eigenvalue weighted by Gasteiger charge is 2.34. The fourth-order valence-electron chi connectivity index (χ4n) is 4.02. The minimum absolute atomic E-state index is 0.0146. The summed E-state index contributed by atoms with van der Waals surface area (Å²) in [6, 6.07) is 8.23. The number of aliphatic imine (C=N–C) groups is 1.